The lowest BCUT2D eigenvalue weighted by atomic mass is 10.1. The van der Waals surface area contributed by atoms with Crippen molar-refractivity contribution in [3.8, 4) is 0 Å². The second-order valence-electron chi connectivity index (χ2n) is 21.0. The third-order valence-electron chi connectivity index (χ3n) is 14.5. The summed E-state index contributed by atoms with van der Waals surface area (Å²) in [6.45, 7) is 15.7. The number of halogens is 3. The number of nitrogens with zero attached hydrogens (tertiary/aromatic N) is 10. The maximum absolute atomic E-state index is 12.0. The quantitative estimate of drug-likeness (QED) is 0.0182. The highest BCUT2D eigenvalue weighted by atomic mass is 35.5. The third kappa shape index (κ3) is 25.7. The van der Waals surface area contributed by atoms with E-state index in [1.165, 1.54) is 40.1 Å². The minimum Gasteiger partial charge on any atom is -0.354 e. The molecule has 0 aliphatic carbocycles. The van der Waals surface area contributed by atoms with E-state index in [9.17, 15) is 24.0 Å². The van der Waals surface area contributed by atoms with Crippen LogP contribution >= 0.6 is 35.6 Å². The van der Waals surface area contributed by atoms with Gasteiger partial charge in [-0.15, -0.1) is 12.4 Å². The van der Waals surface area contributed by atoms with Crippen molar-refractivity contribution in [3.63, 3.8) is 0 Å². The summed E-state index contributed by atoms with van der Waals surface area (Å²) in [5, 5.41) is 19.0. The van der Waals surface area contributed by atoms with Gasteiger partial charge in [-0.3, -0.25) is 44.0 Å². The number of pyridine rings is 7. The number of ether oxygens (including phenoxy) is 2. The molecule has 3 aromatic carbocycles. The number of nitrogens with one attached hydrogen (secondary N) is 4. The van der Waals surface area contributed by atoms with Gasteiger partial charge in [-0.05, 0) is 121 Å². The van der Waals surface area contributed by atoms with E-state index in [-0.39, 0.29) is 36.4 Å². The van der Waals surface area contributed by atoms with Gasteiger partial charge in [0.15, 0.2) is 6.29 Å². The van der Waals surface area contributed by atoms with E-state index in [0.29, 0.717) is 73.1 Å². The van der Waals surface area contributed by atoms with Crippen LogP contribution in [0, 0.1) is 0 Å². The largest absolute Gasteiger partial charge is 0.354 e. The van der Waals surface area contributed by atoms with E-state index in [0.717, 1.165) is 94.0 Å². The van der Waals surface area contributed by atoms with Gasteiger partial charge in [-0.25, -0.2) is 15.0 Å². The minimum atomic E-state index is -0.469. The van der Waals surface area contributed by atoms with Crippen LogP contribution in [0.4, 0.5) is 11.6 Å². The summed E-state index contributed by atoms with van der Waals surface area (Å²) >= 11 is 11.0. The SMILES string of the molecule is CCOC(CCNC(=O)c1cccnc1)OCC.Cl.Clc1nccc2ccccc12.O=C(Cl)c1cccnc1.O=C(NCCCN1CCN(c2nccc3ccccc23)CC1)c1cccnc1.O=CCCNC(=O)c1cccnc1.c1ccc2c(N3CCNCC3)nccc2c1. The fourth-order valence-corrected chi connectivity index (χ4v) is 10.1. The van der Waals surface area contributed by atoms with Gasteiger partial charge >= 0.3 is 0 Å². The molecule has 7 aromatic heterocycles. The number of carbonyl (C=O) groups excluding carboxylic acids is 5. The predicted octanol–water partition coefficient (Wildman–Crippen LogP) is 11.0. The number of fused-ring (bicyclic) bond motifs is 3. The summed E-state index contributed by atoms with van der Waals surface area (Å²) in [6.07, 6.45) is 20.5. The number of hydrogen-bond donors (Lipinski definition) is 4. The highest BCUT2D eigenvalue weighted by Crippen LogP contribution is 2.26. The van der Waals surface area contributed by atoms with Gasteiger partial charge < -0.3 is 45.3 Å². The Morgan fingerprint density at radius 3 is 1.35 bits per heavy atom. The molecule has 0 spiro atoms. The molecular weight excluding hydrogens is 1280 g/mol. The van der Waals surface area contributed by atoms with Gasteiger partial charge in [0, 0.05) is 182 Å². The zero-order valence-corrected chi connectivity index (χ0v) is 56.1. The van der Waals surface area contributed by atoms with Crippen LogP contribution in [0.25, 0.3) is 32.3 Å². The van der Waals surface area contributed by atoms with E-state index >= 15 is 0 Å². The zero-order valence-electron chi connectivity index (χ0n) is 53.8. The molecule has 10 aromatic rings. The Morgan fingerprint density at radius 1 is 0.510 bits per heavy atom. The summed E-state index contributed by atoms with van der Waals surface area (Å²) in [5.74, 6) is 1.82. The Hall–Kier alpha value is -9.45. The van der Waals surface area contributed by atoms with Gasteiger partial charge in [0.2, 0.25) is 0 Å². The van der Waals surface area contributed by atoms with Crippen molar-refractivity contribution in [1.29, 1.82) is 0 Å². The fourth-order valence-electron chi connectivity index (χ4n) is 9.77. The smallest absolute Gasteiger partial charge is 0.253 e. The van der Waals surface area contributed by atoms with Crippen LogP contribution in [0.2, 0.25) is 5.15 Å². The average molecular weight is 1360 g/mol. The van der Waals surface area contributed by atoms with Crippen LogP contribution in [0.5, 0.6) is 0 Å². The Balaban J connectivity index is 0.000000189. The molecule has 2 saturated heterocycles. The van der Waals surface area contributed by atoms with Crippen molar-refractivity contribution in [2.45, 2.75) is 39.4 Å². The van der Waals surface area contributed by atoms with Crippen LogP contribution in [-0.2, 0) is 14.3 Å². The van der Waals surface area contributed by atoms with Crippen molar-refractivity contribution >= 4 is 109 Å². The summed E-state index contributed by atoms with van der Waals surface area (Å²) in [4.78, 5) is 91.0. The molecule has 96 heavy (non-hydrogen) atoms. The third-order valence-corrected chi connectivity index (χ3v) is 15.1. The second-order valence-corrected chi connectivity index (χ2v) is 21.7. The number of amides is 3. The molecule has 2 aliphatic rings. The van der Waals surface area contributed by atoms with Crippen molar-refractivity contribution in [3.05, 3.63) is 235 Å². The van der Waals surface area contributed by atoms with Gasteiger partial charge in [0.05, 0.1) is 22.3 Å². The molecule has 0 unspecified atom stereocenters. The Bertz CT molecular complexity index is 3880. The van der Waals surface area contributed by atoms with Crippen molar-refractivity contribution < 1.29 is 33.4 Å². The highest BCUT2D eigenvalue weighted by Gasteiger charge is 2.20. The summed E-state index contributed by atoms with van der Waals surface area (Å²) in [6, 6.07) is 44.5. The van der Waals surface area contributed by atoms with E-state index in [4.69, 9.17) is 32.7 Å². The van der Waals surface area contributed by atoms with E-state index in [1.807, 2.05) is 56.6 Å². The molecule has 0 bridgehead atoms. The molecule has 9 heterocycles. The van der Waals surface area contributed by atoms with Crippen molar-refractivity contribution in [1.82, 2.24) is 61.1 Å². The van der Waals surface area contributed by atoms with E-state index in [1.54, 1.807) is 85.7 Å². The first-order valence-electron chi connectivity index (χ1n) is 31.5. The summed E-state index contributed by atoms with van der Waals surface area (Å²) < 4.78 is 10.8. The Labute approximate surface area is 576 Å². The second kappa shape index (κ2) is 43.5. The number of benzene rings is 3. The minimum absolute atomic E-state index is 0. The van der Waals surface area contributed by atoms with Gasteiger partial charge in [0.1, 0.15) is 23.1 Å². The lowest BCUT2D eigenvalue weighted by Gasteiger charge is -2.35. The van der Waals surface area contributed by atoms with Crippen molar-refractivity contribution in [2.75, 3.05) is 102 Å². The van der Waals surface area contributed by atoms with Gasteiger partial charge in [0.25, 0.3) is 23.0 Å². The number of carbonyl (C=O) groups is 5. The average Bonchev–Trinajstić information content (AvgIpc) is 0.842. The van der Waals surface area contributed by atoms with E-state index < -0.39 is 5.24 Å². The summed E-state index contributed by atoms with van der Waals surface area (Å²) in [5.41, 5.74) is 2.10. The molecular formula is C72H81Cl3N14O7. The summed E-state index contributed by atoms with van der Waals surface area (Å²) in [7, 11) is 0. The molecule has 2 aliphatic heterocycles. The maximum Gasteiger partial charge on any atom is 0.253 e. The van der Waals surface area contributed by atoms with Crippen LogP contribution in [0.3, 0.4) is 0 Å². The monoisotopic (exact) mass is 1360 g/mol. The molecule has 12 rings (SSSR count). The molecule has 24 heteroatoms. The van der Waals surface area contributed by atoms with E-state index in [2.05, 4.69) is 132 Å². The first kappa shape index (κ1) is 75.6. The molecule has 4 N–H and O–H groups in total. The first-order valence-corrected chi connectivity index (χ1v) is 32.2. The number of aromatic nitrogens is 7. The lowest BCUT2D eigenvalue weighted by Crippen LogP contribution is -2.47. The number of anilines is 2. The van der Waals surface area contributed by atoms with Crippen LogP contribution in [0.15, 0.2) is 208 Å². The van der Waals surface area contributed by atoms with Crippen molar-refractivity contribution in [2.24, 2.45) is 0 Å². The van der Waals surface area contributed by atoms with Gasteiger partial charge in [-0.1, -0.05) is 84.4 Å². The molecule has 0 radical (unpaired) electrons. The molecule has 2 fully saturated rings. The van der Waals surface area contributed by atoms with Crippen LogP contribution in [-0.4, -0.2) is 167 Å². The molecule has 3 amide bonds. The number of piperazine rings is 2. The molecule has 0 saturated carbocycles. The van der Waals surface area contributed by atoms with Crippen LogP contribution in [0.1, 0.15) is 74.5 Å². The Morgan fingerprint density at radius 2 is 0.927 bits per heavy atom. The zero-order chi connectivity index (χ0) is 67.1. The number of aldehydes is 1. The number of hydrogen-bond acceptors (Lipinski definition) is 18. The highest BCUT2D eigenvalue weighted by molar-refractivity contribution is 6.67. The predicted molar refractivity (Wildman–Crippen MR) is 382 cm³/mol. The van der Waals surface area contributed by atoms with Crippen LogP contribution < -0.4 is 31.1 Å². The molecule has 21 nitrogen and oxygen atoms in total. The number of rotatable bonds is 20. The lowest BCUT2D eigenvalue weighted by molar-refractivity contribution is -0.138. The Kier molecular flexibility index (Phi) is 34.3. The molecule has 0 atom stereocenters. The standard InChI is InChI=1S/C22H25N5O.C13H15N3.C13H20N2O3.C9H6ClN.C9H10N2O2.C6H4ClNO.ClH/c28-22(19-6-3-9-23-17-19)25-10-4-12-26-13-15-27(16-14-26)21-20-7-2-1-5-18(20)8-11-24-21;1-2-4-12-11(3-1)5-6-15-13(12)16-9-7-14-8-10-16;1-3-17-12(18-4-2)7-9-15-13(16)11-6-5-8-14-10-11;10-9-8-4-2-1-3-7(8)5-6-11-9;12-6-2-5-11-9(13)8-3-1-4-10-7-8;7-6(9)5-2-1-3-8-4-5;/h1-3,5-9,11,17H,4,10,12-16H2,(H,25,28);1-6,14H,7-10H2;5-6,8,10,12H,3-4,7,9H2,1-2H3,(H,15,16);1-6H;1,3-4,6-7H,2,5H2,(H,11,13);1-4H;1H. The fraction of sp³-hybridized carbons (Fsp3) is 0.278. The molecule has 502 valence electrons. The topological polar surface area (TPSA) is 252 Å². The maximum atomic E-state index is 12.0. The normalized spacial score (nSPS) is 12.4. The van der Waals surface area contributed by atoms with Gasteiger partial charge in [-0.2, -0.15) is 0 Å². The first-order chi connectivity index (χ1) is 46.6.